The second-order valence-corrected chi connectivity index (χ2v) is 3.59. The number of hydrogen-bond acceptors (Lipinski definition) is 0. The number of hydrogen-bond donors (Lipinski definition) is 0. The molecular weight excluding hydrogens is 139 g/mol. The lowest BCUT2D eigenvalue weighted by atomic mass is 10.1. The van der Waals surface area contributed by atoms with Crippen molar-refractivity contribution in [3.63, 3.8) is 0 Å². The van der Waals surface area contributed by atoms with Crippen molar-refractivity contribution >= 4 is 0 Å². The molecule has 4 aliphatic carbocycles. The molecule has 56 valence electrons. The van der Waals surface area contributed by atoms with Crippen LogP contribution in [-0.2, 0) is 0 Å². The summed E-state index contributed by atoms with van der Waals surface area (Å²) in [4.78, 5) is 0. The molecule has 2 atom stereocenters. The van der Waals surface area contributed by atoms with Crippen LogP contribution >= 0.6 is 0 Å². The van der Waals surface area contributed by atoms with Gasteiger partial charge in [0.05, 0.1) is 0 Å². The monoisotopic (exact) mass is 148 g/mol. The van der Waals surface area contributed by atoms with Crippen LogP contribution in [0.1, 0.15) is 0 Å². The normalized spacial score (nSPS) is 55.9. The molecule has 4 rings (SSSR count). The molecule has 0 radical (unpaired) electrons. The summed E-state index contributed by atoms with van der Waals surface area (Å²) in [5.41, 5.74) is -1.02. The third kappa shape index (κ3) is 0.550. The first kappa shape index (κ1) is 5.76. The van der Waals surface area contributed by atoms with Gasteiger partial charge in [-0.05, 0) is 6.08 Å². The Labute approximate surface area is 65.1 Å². The van der Waals surface area contributed by atoms with Crippen LogP contribution in [0, 0.1) is 17.8 Å². The van der Waals surface area contributed by atoms with Crippen LogP contribution in [0.3, 0.4) is 0 Å². The molecule has 0 aromatic carbocycles. The molecule has 0 amide bonds. The number of allylic oxidation sites excluding steroid dienone is 6. The highest BCUT2D eigenvalue weighted by Crippen LogP contribution is 2.59. The summed E-state index contributed by atoms with van der Waals surface area (Å²) in [5, 5.41) is 0. The van der Waals surface area contributed by atoms with E-state index >= 15 is 0 Å². The Bertz CT molecular complexity index is 265. The molecule has 4 bridgehead atoms. The summed E-state index contributed by atoms with van der Waals surface area (Å²) in [5.74, 6) is 0.632. The minimum atomic E-state index is -1.02. The maximum atomic E-state index is 13.7. The van der Waals surface area contributed by atoms with Crippen LogP contribution < -0.4 is 0 Å². The topological polar surface area (TPSA) is 0 Å². The SMILES string of the molecule is FC12C=CC3C=CC1C2C=C3. The predicted molar refractivity (Wildman–Crippen MR) is 41.7 cm³/mol. The molecular formula is C10H9F. The molecule has 0 aromatic rings. The van der Waals surface area contributed by atoms with Crippen LogP contribution in [0.4, 0.5) is 4.39 Å². The van der Waals surface area contributed by atoms with Crippen LogP contribution in [0.15, 0.2) is 36.5 Å². The van der Waals surface area contributed by atoms with Crippen molar-refractivity contribution in [1.29, 1.82) is 0 Å². The van der Waals surface area contributed by atoms with Crippen molar-refractivity contribution in [1.82, 2.24) is 0 Å². The van der Waals surface area contributed by atoms with E-state index in [9.17, 15) is 4.39 Å². The van der Waals surface area contributed by atoms with E-state index in [-0.39, 0.29) is 11.8 Å². The zero-order valence-corrected chi connectivity index (χ0v) is 6.07. The lowest BCUT2D eigenvalue weighted by molar-refractivity contribution is 0.351. The van der Waals surface area contributed by atoms with Crippen molar-refractivity contribution in [2.75, 3.05) is 0 Å². The second-order valence-electron chi connectivity index (χ2n) is 3.59. The zero-order valence-electron chi connectivity index (χ0n) is 6.07. The van der Waals surface area contributed by atoms with Gasteiger partial charge in [-0.2, -0.15) is 0 Å². The average Bonchev–Trinajstić information content (AvgIpc) is 2.63. The molecule has 0 N–H and O–H groups in total. The molecule has 1 heteroatoms. The van der Waals surface area contributed by atoms with Gasteiger partial charge in [-0.1, -0.05) is 30.4 Å². The molecule has 0 heterocycles. The summed E-state index contributed by atoms with van der Waals surface area (Å²) >= 11 is 0. The smallest absolute Gasteiger partial charge is 0.143 e. The van der Waals surface area contributed by atoms with Crippen LogP contribution in [0.5, 0.6) is 0 Å². The standard InChI is InChI=1S/C10H9F/c11-10-6-5-7-1-3-8(10)9(10)4-2-7/h1-9H. The van der Waals surface area contributed by atoms with Crippen molar-refractivity contribution in [3.05, 3.63) is 36.5 Å². The minimum Gasteiger partial charge on any atom is -0.238 e. The molecule has 0 saturated heterocycles. The lowest BCUT2D eigenvalue weighted by Gasteiger charge is -1.94. The van der Waals surface area contributed by atoms with Gasteiger partial charge in [-0.3, -0.25) is 0 Å². The van der Waals surface area contributed by atoms with E-state index in [4.69, 9.17) is 0 Å². The fraction of sp³-hybridized carbons (Fsp3) is 0.400. The summed E-state index contributed by atoms with van der Waals surface area (Å²) < 4.78 is 13.7. The predicted octanol–water partition coefficient (Wildman–Crippen LogP) is 2.25. The Hall–Kier alpha value is -0.850. The van der Waals surface area contributed by atoms with Crippen LogP contribution in [0.25, 0.3) is 0 Å². The Morgan fingerprint density at radius 2 is 1.55 bits per heavy atom. The first-order valence-electron chi connectivity index (χ1n) is 4.06. The van der Waals surface area contributed by atoms with E-state index in [1.54, 1.807) is 6.08 Å². The third-order valence-corrected chi connectivity index (χ3v) is 2.95. The minimum absolute atomic E-state index is 0.141. The summed E-state index contributed by atoms with van der Waals surface area (Å²) in [6.45, 7) is 0. The van der Waals surface area contributed by atoms with Gasteiger partial charge in [0.1, 0.15) is 5.67 Å². The first-order valence-corrected chi connectivity index (χ1v) is 4.06. The number of alkyl halides is 1. The molecule has 11 heavy (non-hydrogen) atoms. The fourth-order valence-corrected chi connectivity index (χ4v) is 2.13. The van der Waals surface area contributed by atoms with Crippen molar-refractivity contribution in [3.8, 4) is 0 Å². The van der Waals surface area contributed by atoms with Gasteiger partial charge >= 0.3 is 0 Å². The average molecular weight is 148 g/mol. The molecule has 0 aliphatic heterocycles. The van der Waals surface area contributed by atoms with Gasteiger partial charge < -0.3 is 0 Å². The summed E-state index contributed by atoms with van der Waals surface area (Å²) in [6.07, 6.45) is 11.9. The van der Waals surface area contributed by atoms with Crippen molar-refractivity contribution in [2.24, 2.45) is 17.8 Å². The van der Waals surface area contributed by atoms with Crippen LogP contribution in [-0.4, -0.2) is 5.67 Å². The third-order valence-electron chi connectivity index (χ3n) is 2.95. The second kappa shape index (κ2) is 1.50. The molecule has 0 spiro atoms. The molecule has 1 fully saturated rings. The van der Waals surface area contributed by atoms with Gasteiger partial charge in [-0.25, -0.2) is 4.39 Å². The largest absolute Gasteiger partial charge is 0.238 e. The Morgan fingerprint density at radius 3 is 2.18 bits per heavy atom. The molecule has 2 unspecified atom stereocenters. The van der Waals surface area contributed by atoms with E-state index < -0.39 is 5.67 Å². The van der Waals surface area contributed by atoms with Gasteiger partial charge in [-0.15, -0.1) is 0 Å². The van der Waals surface area contributed by atoms with Crippen LogP contribution in [0.2, 0.25) is 0 Å². The zero-order chi connectivity index (χ0) is 7.47. The van der Waals surface area contributed by atoms with Gasteiger partial charge in [0.15, 0.2) is 0 Å². The van der Waals surface area contributed by atoms with E-state index in [1.165, 1.54) is 0 Å². The van der Waals surface area contributed by atoms with E-state index in [1.807, 2.05) is 18.2 Å². The Kier molecular flexibility index (Phi) is 0.783. The van der Waals surface area contributed by atoms with Gasteiger partial charge in [0.2, 0.25) is 0 Å². The summed E-state index contributed by atoms with van der Waals surface area (Å²) in [7, 11) is 0. The highest BCUT2D eigenvalue weighted by molar-refractivity contribution is 5.40. The van der Waals surface area contributed by atoms with E-state index in [0.29, 0.717) is 5.92 Å². The maximum Gasteiger partial charge on any atom is 0.143 e. The molecule has 0 nitrogen and oxygen atoms in total. The quantitative estimate of drug-likeness (QED) is 0.462. The fourth-order valence-electron chi connectivity index (χ4n) is 2.13. The van der Waals surface area contributed by atoms with Gasteiger partial charge in [0, 0.05) is 17.8 Å². The lowest BCUT2D eigenvalue weighted by Crippen LogP contribution is -1.97. The van der Waals surface area contributed by atoms with Crippen molar-refractivity contribution < 1.29 is 4.39 Å². The maximum absolute atomic E-state index is 13.7. The molecule has 1 saturated carbocycles. The summed E-state index contributed by atoms with van der Waals surface area (Å²) in [6, 6.07) is 0. The van der Waals surface area contributed by atoms with E-state index in [2.05, 4.69) is 12.2 Å². The van der Waals surface area contributed by atoms with Gasteiger partial charge in [0.25, 0.3) is 0 Å². The Balaban J connectivity index is 2.20. The Morgan fingerprint density at radius 1 is 0.909 bits per heavy atom. The van der Waals surface area contributed by atoms with Crippen molar-refractivity contribution in [2.45, 2.75) is 5.67 Å². The first-order chi connectivity index (χ1) is 5.31. The molecule has 4 aliphatic rings. The molecule has 0 aromatic heterocycles. The highest BCUT2D eigenvalue weighted by Gasteiger charge is 2.62. The number of halogens is 1. The number of rotatable bonds is 0. The van der Waals surface area contributed by atoms with E-state index in [0.717, 1.165) is 0 Å². The highest BCUT2D eigenvalue weighted by atomic mass is 19.1.